The van der Waals surface area contributed by atoms with E-state index in [1.807, 2.05) is 24.3 Å². The summed E-state index contributed by atoms with van der Waals surface area (Å²) in [5.41, 5.74) is 1.18. The summed E-state index contributed by atoms with van der Waals surface area (Å²) in [5, 5.41) is 9.10. The molecule has 0 aliphatic rings. The molecule has 0 aliphatic heterocycles. The Kier molecular flexibility index (Phi) is 7.27. The monoisotopic (exact) mass is 318 g/mol. The minimum Gasteiger partial charge on any atom is -0.410 e. The van der Waals surface area contributed by atoms with E-state index in [9.17, 15) is 0 Å². The van der Waals surface area contributed by atoms with Gasteiger partial charge in [0, 0.05) is 0 Å². The maximum absolute atomic E-state index is 8.91. The van der Waals surface area contributed by atoms with Gasteiger partial charge in [-0.1, -0.05) is 75.4 Å². The smallest absolute Gasteiger partial charge is 0.192 e. The van der Waals surface area contributed by atoms with Gasteiger partial charge in [-0.3, -0.25) is 0 Å². The van der Waals surface area contributed by atoms with Crippen molar-refractivity contribution in [3.05, 3.63) is 54.1 Å². The van der Waals surface area contributed by atoms with Crippen molar-refractivity contribution < 1.29 is 9.53 Å². The zero-order valence-corrected chi connectivity index (χ0v) is 15.5. The largest absolute Gasteiger partial charge is 0.410 e. The SMILES string of the molecule is CC(C)(C)[Si](C)(C)OC(/C=C/c1ccccc1)C/C=C/CO. The summed E-state index contributed by atoms with van der Waals surface area (Å²) in [7, 11) is -1.81. The lowest BCUT2D eigenvalue weighted by molar-refractivity contribution is 0.228. The van der Waals surface area contributed by atoms with E-state index in [-0.39, 0.29) is 17.7 Å². The zero-order valence-electron chi connectivity index (χ0n) is 14.5. The van der Waals surface area contributed by atoms with Crippen LogP contribution in [0.2, 0.25) is 18.1 Å². The Hall–Kier alpha value is -1.16. The van der Waals surface area contributed by atoms with E-state index >= 15 is 0 Å². The van der Waals surface area contributed by atoms with Crippen molar-refractivity contribution in [1.29, 1.82) is 0 Å². The fourth-order valence-electron chi connectivity index (χ4n) is 1.81. The third-order valence-electron chi connectivity index (χ3n) is 4.20. The zero-order chi connectivity index (χ0) is 16.6. The predicted molar refractivity (Wildman–Crippen MR) is 98.4 cm³/mol. The second-order valence-electron chi connectivity index (χ2n) is 7.08. The Morgan fingerprint density at radius 2 is 1.77 bits per heavy atom. The molecule has 0 aliphatic carbocycles. The molecule has 1 rings (SSSR count). The molecule has 122 valence electrons. The second-order valence-corrected chi connectivity index (χ2v) is 11.8. The van der Waals surface area contributed by atoms with Gasteiger partial charge in [0.05, 0.1) is 12.7 Å². The Morgan fingerprint density at radius 3 is 2.32 bits per heavy atom. The summed E-state index contributed by atoms with van der Waals surface area (Å²) < 4.78 is 6.49. The number of aliphatic hydroxyl groups excluding tert-OH is 1. The molecule has 22 heavy (non-hydrogen) atoms. The van der Waals surface area contributed by atoms with E-state index in [1.54, 1.807) is 6.08 Å². The van der Waals surface area contributed by atoms with Crippen LogP contribution in [0.1, 0.15) is 32.8 Å². The lowest BCUT2D eigenvalue weighted by Crippen LogP contribution is -2.43. The van der Waals surface area contributed by atoms with Crippen LogP contribution in [0.5, 0.6) is 0 Å². The van der Waals surface area contributed by atoms with Crippen molar-refractivity contribution in [3.8, 4) is 0 Å². The molecule has 1 aromatic rings. The molecule has 0 spiro atoms. The van der Waals surface area contributed by atoms with Gasteiger partial charge >= 0.3 is 0 Å². The van der Waals surface area contributed by atoms with Crippen molar-refractivity contribution in [2.24, 2.45) is 0 Å². The first-order valence-electron chi connectivity index (χ1n) is 7.93. The summed E-state index contributed by atoms with van der Waals surface area (Å²) in [6.07, 6.45) is 8.85. The quantitative estimate of drug-likeness (QED) is 0.564. The molecular formula is C19H30O2Si. The summed E-state index contributed by atoms with van der Waals surface area (Å²) in [6, 6.07) is 10.3. The number of benzene rings is 1. The van der Waals surface area contributed by atoms with E-state index in [4.69, 9.17) is 9.53 Å². The van der Waals surface area contributed by atoms with Crippen LogP contribution in [-0.2, 0) is 4.43 Å². The average Bonchev–Trinajstić information content (AvgIpc) is 2.44. The Labute approximate surface area is 136 Å². The number of aliphatic hydroxyl groups is 1. The van der Waals surface area contributed by atoms with Crippen LogP contribution in [-0.4, -0.2) is 26.1 Å². The van der Waals surface area contributed by atoms with Crippen LogP contribution >= 0.6 is 0 Å². The lowest BCUT2D eigenvalue weighted by atomic mass is 10.1. The molecule has 1 atom stereocenters. The molecular weight excluding hydrogens is 288 g/mol. The molecule has 0 fully saturated rings. The molecule has 2 nitrogen and oxygen atoms in total. The summed E-state index contributed by atoms with van der Waals surface area (Å²) in [5.74, 6) is 0. The topological polar surface area (TPSA) is 29.5 Å². The van der Waals surface area contributed by atoms with Gasteiger partial charge in [-0.05, 0) is 30.1 Å². The molecule has 0 radical (unpaired) electrons. The highest BCUT2D eigenvalue weighted by Crippen LogP contribution is 2.37. The second kappa shape index (κ2) is 8.46. The fraction of sp³-hybridized carbons (Fsp3) is 0.474. The Balaban J connectivity index is 2.84. The van der Waals surface area contributed by atoms with Crippen molar-refractivity contribution in [2.75, 3.05) is 6.61 Å². The van der Waals surface area contributed by atoms with E-state index in [2.05, 4.69) is 58.2 Å². The van der Waals surface area contributed by atoms with Crippen LogP contribution in [0.25, 0.3) is 6.08 Å². The van der Waals surface area contributed by atoms with E-state index in [0.717, 1.165) is 6.42 Å². The summed E-state index contributed by atoms with van der Waals surface area (Å²) >= 11 is 0. The van der Waals surface area contributed by atoms with E-state index in [1.165, 1.54) is 5.56 Å². The third-order valence-corrected chi connectivity index (χ3v) is 8.70. The molecule has 0 saturated heterocycles. The molecule has 1 aromatic carbocycles. The molecule has 0 bridgehead atoms. The summed E-state index contributed by atoms with van der Waals surface area (Å²) in [6.45, 7) is 11.4. The van der Waals surface area contributed by atoms with Gasteiger partial charge < -0.3 is 9.53 Å². The van der Waals surface area contributed by atoms with Gasteiger partial charge in [0.15, 0.2) is 8.32 Å². The van der Waals surface area contributed by atoms with Gasteiger partial charge in [-0.15, -0.1) is 0 Å². The molecule has 0 amide bonds. The first kappa shape index (κ1) is 18.9. The maximum Gasteiger partial charge on any atom is 0.192 e. The first-order chi connectivity index (χ1) is 10.3. The maximum atomic E-state index is 8.91. The van der Waals surface area contributed by atoms with Gasteiger partial charge in [0.25, 0.3) is 0 Å². The molecule has 3 heteroatoms. The normalized spacial score (nSPS) is 14.8. The molecule has 1 unspecified atom stereocenters. The highest BCUT2D eigenvalue weighted by molar-refractivity contribution is 6.74. The molecule has 0 saturated carbocycles. The van der Waals surface area contributed by atoms with Crippen LogP contribution in [0.4, 0.5) is 0 Å². The lowest BCUT2D eigenvalue weighted by Gasteiger charge is -2.38. The van der Waals surface area contributed by atoms with Crippen LogP contribution in [0, 0.1) is 0 Å². The minimum atomic E-state index is -1.81. The van der Waals surface area contributed by atoms with Gasteiger partial charge in [0.2, 0.25) is 0 Å². The van der Waals surface area contributed by atoms with E-state index < -0.39 is 8.32 Å². The number of rotatable bonds is 7. The summed E-state index contributed by atoms with van der Waals surface area (Å²) in [4.78, 5) is 0. The van der Waals surface area contributed by atoms with E-state index in [0.29, 0.717) is 0 Å². The molecule has 1 N–H and O–H groups in total. The van der Waals surface area contributed by atoms with Crippen molar-refractivity contribution >= 4 is 14.4 Å². The Bertz CT molecular complexity index is 484. The Morgan fingerprint density at radius 1 is 1.14 bits per heavy atom. The van der Waals surface area contributed by atoms with Gasteiger partial charge in [0.1, 0.15) is 0 Å². The number of hydrogen-bond donors (Lipinski definition) is 1. The van der Waals surface area contributed by atoms with Crippen LogP contribution < -0.4 is 0 Å². The van der Waals surface area contributed by atoms with Crippen LogP contribution in [0.3, 0.4) is 0 Å². The molecule has 0 heterocycles. The molecule has 0 aromatic heterocycles. The van der Waals surface area contributed by atoms with Gasteiger partial charge in [-0.25, -0.2) is 0 Å². The third kappa shape index (κ3) is 6.30. The number of hydrogen-bond acceptors (Lipinski definition) is 2. The standard InChI is InChI=1S/C19H30O2Si/c1-19(2,3)22(4,5)21-18(13-9-10-16-20)15-14-17-11-7-6-8-12-17/h6-12,14-15,18,20H,13,16H2,1-5H3/b10-9+,15-14+. The van der Waals surface area contributed by atoms with Crippen molar-refractivity contribution in [3.63, 3.8) is 0 Å². The first-order valence-corrected chi connectivity index (χ1v) is 10.8. The van der Waals surface area contributed by atoms with Crippen LogP contribution in [0.15, 0.2) is 48.6 Å². The minimum absolute atomic E-state index is 0.0453. The predicted octanol–water partition coefficient (Wildman–Crippen LogP) is 5.03. The van der Waals surface area contributed by atoms with Crippen molar-refractivity contribution in [2.45, 2.75) is 51.4 Å². The van der Waals surface area contributed by atoms with Gasteiger partial charge in [-0.2, -0.15) is 0 Å². The highest BCUT2D eigenvalue weighted by Gasteiger charge is 2.38. The fourth-order valence-corrected chi connectivity index (χ4v) is 3.09. The van der Waals surface area contributed by atoms with Crippen molar-refractivity contribution in [1.82, 2.24) is 0 Å². The highest BCUT2D eigenvalue weighted by atomic mass is 28.4. The average molecular weight is 319 g/mol.